The predicted octanol–water partition coefficient (Wildman–Crippen LogP) is -1.07. The van der Waals surface area contributed by atoms with Gasteiger partial charge < -0.3 is 0 Å². The fraction of sp³-hybridized carbons (Fsp3) is 0. The Kier molecular flexibility index (Phi) is 539. The van der Waals surface area contributed by atoms with E-state index in [0.717, 1.165) is 0 Å². The lowest BCUT2D eigenvalue weighted by molar-refractivity contribution is 0.928. The molecule has 5 heteroatoms. The van der Waals surface area contributed by atoms with Crippen LogP contribution >= 0.6 is 0 Å². The molecule has 0 unspecified atom stereocenters. The Morgan fingerprint density at radius 2 is 1.20 bits per heavy atom. The Morgan fingerprint density at radius 1 is 1.20 bits per heavy atom. The lowest BCUT2D eigenvalue weighted by atomic mass is 13.0. The van der Waals surface area contributed by atoms with Crippen LogP contribution in [0.25, 0.3) is 0 Å². The summed E-state index contributed by atoms with van der Waals surface area (Å²) in [4.78, 5) is 2.00. The van der Waals surface area contributed by atoms with Gasteiger partial charge in [0, 0.05) is 0 Å². The minimum atomic E-state index is 2.00. The number of nitrogens with two attached hydrogens (primary N) is 2. The maximum atomic E-state index is 5.50. The minimum Gasteiger partial charge on any atom is -0.274 e. The van der Waals surface area contributed by atoms with Crippen LogP contribution in [0.15, 0.2) is 0 Å². The molecule has 0 amide bonds. The molecule has 0 aromatic carbocycles. The van der Waals surface area contributed by atoms with E-state index in [0.29, 0.717) is 0 Å². The van der Waals surface area contributed by atoms with Crippen LogP contribution in [0.1, 0.15) is 0 Å². The Morgan fingerprint density at radius 3 is 1.20 bits per heavy atom. The van der Waals surface area contributed by atoms with Crippen molar-refractivity contribution in [1.82, 2.24) is 4.91 Å². The van der Waals surface area contributed by atoms with Gasteiger partial charge in [0.15, 0.2) is 0 Å². The molecule has 30 valence electrons. The summed E-state index contributed by atoms with van der Waals surface area (Å²) in [5, 5.41) is 0. The summed E-state index contributed by atoms with van der Waals surface area (Å²) in [6.45, 7) is 0. The third-order valence-electron chi connectivity index (χ3n) is 0. The standard InChI is InChI=1S/H2N3.H4N2/c1-3-2;1-2/h1-2H;1-2H2/q+1;. The number of rotatable bonds is 0. The molecule has 0 heterocycles. The zero-order valence-corrected chi connectivity index (χ0v) is 2.60. The molecule has 0 bridgehead atoms. The highest BCUT2D eigenvalue weighted by Crippen LogP contribution is 0.841. The van der Waals surface area contributed by atoms with Gasteiger partial charge in [-0.25, -0.2) is 0 Å². The first-order valence-corrected chi connectivity index (χ1v) is 0.781. The Bertz CT molecular complexity index is 21.0. The summed E-state index contributed by atoms with van der Waals surface area (Å²) in [5.74, 6) is 8.00. The molecule has 0 atom stereocenters. The maximum Gasteiger partial charge on any atom is 0.211 e. The molecule has 0 radical (unpaired) electrons. The number of nitrogens with one attached hydrogen (secondary N) is 2. The second-order valence-electron chi connectivity index (χ2n) is 0.112. The van der Waals surface area contributed by atoms with Crippen molar-refractivity contribution in [2.75, 3.05) is 0 Å². The average molecular weight is 76.1 g/mol. The van der Waals surface area contributed by atoms with Crippen LogP contribution in [0.4, 0.5) is 0 Å². The third-order valence-corrected chi connectivity index (χ3v) is 0. The van der Waals surface area contributed by atoms with Crippen LogP contribution in [0.5, 0.6) is 0 Å². The minimum absolute atomic E-state index is 2.00. The van der Waals surface area contributed by atoms with Crippen molar-refractivity contribution in [3.63, 3.8) is 0 Å². The highest BCUT2D eigenvalue weighted by atomic mass is 15.0. The molecular weight excluding hydrogens is 70.0 g/mol. The molecule has 6 N–H and O–H groups in total. The summed E-state index contributed by atoms with van der Waals surface area (Å²) in [7, 11) is 0. The molecule has 0 aromatic heterocycles. The molecule has 5 heavy (non-hydrogen) atoms. The number of hydrogen-bond acceptors (Lipinski definition) is 4. The van der Waals surface area contributed by atoms with Gasteiger partial charge in [-0.05, 0) is 0 Å². The summed E-state index contributed by atoms with van der Waals surface area (Å²) < 4.78 is 0. The van der Waals surface area contributed by atoms with Gasteiger partial charge in [-0.2, -0.15) is 0 Å². The summed E-state index contributed by atoms with van der Waals surface area (Å²) in [6, 6.07) is 0. The molecule has 0 spiro atoms. The van der Waals surface area contributed by atoms with Gasteiger partial charge in [0.1, 0.15) is 11.1 Å². The lowest BCUT2D eigenvalue weighted by Crippen LogP contribution is -2.02. The van der Waals surface area contributed by atoms with Crippen LogP contribution in [-0.4, -0.2) is 0 Å². The smallest absolute Gasteiger partial charge is 0.211 e. The molecule has 0 aliphatic rings. The first-order chi connectivity index (χ1) is 2.41. The van der Waals surface area contributed by atoms with Crippen LogP contribution < -0.4 is 16.6 Å². The van der Waals surface area contributed by atoms with E-state index in [1.807, 2.05) is 4.91 Å². The van der Waals surface area contributed by atoms with E-state index in [9.17, 15) is 0 Å². The zero-order chi connectivity index (χ0) is 4.71. The van der Waals surface area contributed by atoms with E-state index in [2.05, 4.69) is 11.7 Å². The highest BCUT2D eigenvalue weighted by Gasteiger charge is 1.16. The van der Waals surface area contributed by atoms with Gasteiger partial charge in [0.25, 0.3) is 0 Å². The van der Waals surface area contributed by atoms with Gasteiger partial charge in [-0.3, -0.25) is 11.7 Å². The van der Waals surface area contributed by atoms with E-state index >= 15 is 0 Å². The van der Waals surface area contributed by atoms with Gasteiger partial charge >= 0.3 is 0 Å². The van der Waals surface area contributed by atoms with E-state index in [1.165, 1.54) is 0 Å². The fourth-order valence-electron chi connectivity index (χ4n) is 0. The predicted molar refractivity (Wildman–Crippen MR) is 15.9 cm³/mol. The number of hydrazine groups is 1. The SMILES string of the molecule is N=[N+]=N.NN. The number of hydrogen-bond donors (Lipinski definition) is 4. The molecule has 5 nitrogen and oxygen atoms in total. The second-order valence-corrected chi connectivity index (χ2v) is 0.112. The van der Waals surface area contributed by atoms with Crippen molar-refractivity contribution in [2.45, 2.75) is 0 Å². The molecule has 0 saturated heterocycles. The molecule has 0 fully saturated rings. The van der Waals surface area contributed by atoms with Crippen molar-refractivity contribution >= 4 is 0 Å². The van der Waals surface area contributed by atoms with Gasteiger partial charge in [-0.1, -0.05) is 0 Å². The highest BCUT2D eigenvalue weighted by molar-refractivity contribution is 3.26. The summed E-state index contributed by atoms with van der Waals surface area (Å²) in [5.41, 5.74) is 11.0. The largest absolute Gasteiger partial charge is 0.274 e. The third kappa shape index (κ3) is 8.24. The Balaban J connectivity index is 0. The molecule has 0 aliphatic heterocycles. The van der Waals surface area contributed by atoms with Crippen molar-refractivity contribution in [3.8, 4) is 0 Å². The normalized spacial score (nSPS) is 2.80. The van der Waals surface area contributed by atoms with Crippen molar-refractivity contribution in [3.05, 3.63) is 0 Å². The van der Waals surface area contributed by atoms with Crippen LogP contribution in [-0.2, 0) is 0 Å². The Labute approximate surface area is 29.0 Å². The van der Waals surface area contributed by atoms with Gasteiger partial charge in [0.2, 0.25) is 4.91 Å². The molecule has 0 aromatic rings. The zero-order valence-electron chi connectivity index (χ0n) is 2.60. The lowest BCUT2D eigenvalue weighted by Gasteiger charge is -1.27. The maximum absolute atomic E-state index is 5.50. The summed E-state index contributed by atoms with van der Waals surface area (Å²) in [6.07, 6.45) is 0. The van der Waals surface area contributed by atoms with Crippen molar-refractivity contribution in [1.29, 1.82) is 11.1 Å². The monoisotopic (exact) mass is 76.1 g/mol. The Hall–Kier alpha value is -0.770. The first kappa shape index (κ1) is 8.87. The van der Waals surface area contributed by atoms with Gasteiger partial charge in [-0.15, -0.1) is 0 Å². The molecular formula is H6N5+. The van der Waals surface area contributed by atoms with Crippen molar-refractivity contribution < 1.29 is 0 Å². The topological polar surface area (TPSA) is 114 Å². The van der Waals surface area contributed by atoms with E-state index in [4.69, 9.17) is 11.1 Å². The van der Waals surface area contributed by atoms with Crippen LogP contribution in [0.2, 0.25) is 0 Å². The van der Waals surface area contributed by atoms with E-state index in [1.54, 1.807) is 0 Å². The van der Waals surface area contributed by atoms with Crippen molar-refractivity contribution in [2.24, 2.45) is 11.7 Å². The van der Waals surface area contributed by atoms with Crippen LogP contribution in [0.3, 0.4) is 0 Å². The van der Waals surface area contributed by atoms with E-state index < -0.39 is 0 Å². The average Bonchev–Trinajstić information content (AvgIpc) is 1.46. The van der Waals surface area contributed by atoms with Gasteiger partial charge in [0.05, 0.1) is 0 Å². The first-order valence-electron chi connectivity index (χ1n) is 0.781. The van der Waals surface area contributed by atoms with E-state index in [-0.39, 0.29) is 0 Å². The van der Waals surface area contributed by atoms with Crippen LogP contribution in [0, 0.1) is 11.1 Å². The fourth-order valence-corrected chi connectivity index (χ4v) is 0. The molecule has 0 rings (SSSR count). The quantitative estimate of drug-likeness (QED) is 0.127. The second kappa shape index (κ2) is 304. The molecule has 0 aliphatic carbocycles. The summed E-state index contributed by atoms with van der Waals surface area (Å²) >= 11 is 0. The number of nitrogens with zero attached hydrogens (tertiary/aromatic N) is 1. The molecule has 0 saturated carbocycles.